The second kappa shape index (κ2) is 12.7. The van der Waals surface area contributed by atoms with Crippen LogP contribution in [-0.4, -0.2) is 53.9 Å². The Morgan fingerprint density at radius 1 is 0.976 bits per heavy atom. The first-order valence-corrected chi connectivity index (χ1v) is 15.0. The van der Waals surface area contributed by atoms with E-state index in [-0.39, 0.29) is 31.0 Å². The van der Waals surface area contributed by atoms with Crippen molar-refractivity contribution >= 4 is 35.1 Å². The summed E-state index contributed by atoms with van der Waals surface area (Å²) in [7, 11) is 0. The Morgan fingerprint density at radius 2 is 1.71 bits per heavy atom. The predicted molar refractivity (Wildman–Crippen MR) is 161 cm³/mol. The number of esters is 1. The molecule has 2 saturated carbocycles. The van der Waals surface area contributed by atoms with Gasteiger partial charge in [0.2, 0.25) is 11.8 Å². The van der Waals surface area contributed by atoms with Crippen LogP contribution in [0.4, 0.5) is 5.69 Å². The van der Waals surface area contributed by atoms with Gasteiger partial charge >= 0.3 is 5.97 Å². The third kappa shape index (κ3) is 6.84. The molecule has 0 spiro atoms. The average Bonchev–Trinajstić information content (AvgIpc) is 3.94. The molecule has 8 nitrogen and oxygen atoms in total. The van der Waals surface area contributed by atoms with E-state index in [1.165, 1.54) is 12.8 Å². The van der Waals surface area contributed by atoms with Gasteiger partial charge in [0.15, 0.2) is 0 Å². The van der Waals surface area contributed by atoms with Crippen molar-refractivity contribution < 1.29 is 19.1 Å². The molecule has 1 aliphatic heterocycles. The molecule has 3 aliphatic rings. The number of hydrogen-bond acceptors (Lipinski definition) is 6. The maximum absolute atomic E-state index is 14.1. The van der Waals surface area contributed by atoms with E-state index in [9.17, 15) is 14.4 Å². The quantitative estimate of drug-likeness (QED) is 0.323. The number of anilines is 1. The van der Waals surface area contributed by atoms with Gasteiger partial charge in [-0.15, -0.1) is 0 Å². The fourth-order valence-electron chi connectivity index (χ4n) is 5.30. The zero-order chi connectivity index (χ0) is 29.1. The number of halogens is 1. The summed E-state index contributed by atoms with van der Waals surface area (Å²) in [6.45, 7) is 1.82. The van der Waals surface area contributed by atoms with E-state index in [1.807, 2.05) is 47.4 Å². The lowest BCUT2D eigenvalue weighted by atomic mass is 10.1. The largest absolute Gasteiger partial charge is 0.457 e. The van der Waals surface area contributed by atoms with Crippen molar-refractivity contribution in [1.29, 1.82) is 0 Å². The normalized spacial score (nSPS) is 18.5. The van der Waals surface area contributed by atoms with Gasteiger partial charge in [-0.1, -0.05) is 54.1 Å². The fraction of sp³-hybridized carbons (Fsp3) is 0.364. The molecule has 1 atom stereocenters. The monoisotopic (exact) mass is 586 g/mol. The summed E-state index contributed by atoms with van der Waals surface area (Å²) in [5, 5.41) is 7.30. The molecule has 1 saturated heterocycles. The first-order chi connectivity index (χ1) is 20.5. The molecule has 3 fully saturated rings. The summed E-state index contributed by atoms with van der Waals surface area (Å²) in [5.74, 6) is -0.645. The fourth-order valence-corrected chi connectivity index (χ4v) is 5.48. The molecule has 2 aliphatic carbocycles. The number of rotatable bonds is 11. The van der Waals surface area contributed by atoms with Crippen molar-refractivity contribution in [3.63, 3.8) is 0 Å². The van der Waals surface area contributed by atoms with E-state index in [4.69, 9.17) is 16.3 Å². The standard InChI is InChI=1S/C33H35ClN4O4/c34-29-15-8-23(17-36-26-9-10-26)16-25(29)20-37(27-13-14-27)32(40)30-18-35-19-31(39)38(30)28-11-6-22(7-12-28)21-42-33(41)24-4-2-1-3-5-24/h1-8,11-12,15-16,26-27,30,35-36H,9-10,13-14,17-21H2/t30-/m1/s1. The van der Waals surface area contributed by atoms with E-state index in [1.54, 1.807) is 29.2 Å². The zero-order valence-corrected chi connectivity index (χ0v) is 24.2. The summed E-state index contributed by atoms with van der Waals surface area (Å²) < 4.78 is 5.44. The third-order valence-corrected chi connectivity index (χ3v) is 8.34. The second-order valence-electron chi connectivity index (χ2n) is 11.3. The molecule has 3 aromatic carbocycles. The van der Waals surface area contributed by atoms with Crippen LogP contribution in [0.3, 0.4) is 0 Å². The van der Waals surface area contributed by atoms with Crippen molar-refractivity contribution in [2.75, 3.05) is 18.0 Å². The molecule has 0 radical (unpaired) electrons. The van der Waals surface area contributed by atoms with E-state index in [0.29, 0.717) is 35.4 Å². The molecule has 0 aromatic heterocycles. The van der Waals surface area contributed by atoms with Gasteiger partial charge in [0, 0.05) is 42.4 Å². The van der Waals surface area contributed by atoms with Crippen LogP contribution in [0.5, 0.6) is 0 Å². The Balaban J connectivity index is 1.15. The van der Waals surface area contributed by atoms with Crippen LogP contribution in [0.1, 0.15) is 52.7 Å². The highest BCUT2D eigenvalue weighted by molar-refractivity contribution is 6.31. The highest BCUT2D eigenvalue weighted by atomic mass is 35.5. The SMILES string of the molecule is O=C(OCc1ccc(N2C(=O)CNC[C@@H]2C(=O)N(Cc2cc(CNC3CC3)ccc2Cl)C2CC2)cc1)c1ccccc1. The number of carbonyl (C=O) groups excluding carboxylic acids is 3. The summed E-state index contributed by atoms with van der Waals surface area (Å²) in [6, 6.07) is 22.2. The van der Waals surface area contributed by atoms with Crippen LogP contribution in [0.15, 0.2) is 72.8 Å². The number of nitrogens with one attached hydrogen (secondary N) is 2. The van der Waals surface area contributed by atoms with Crippen molar-refractivity contribution in [3.8, 4) is 0 Å². The highest BCUT2D eigenvalue weighted by Crippen LogP contribution is 2.32. The Morgan fingerprint density at radius 3 is 2.43 bits per heavy atom. The van der Waals surface area contributed by atoms with Gasteiger partial charge in [-0.3, -0.25) is 14.5 Å². The smallest absolute Gasteiger partial charge is 0.338 e. The summed E-state index contributed by atoms with van der Waals surface area (Å²) in [5.41, 5.74) is 3.99. The second-order valence-corrected chi connectivity index (χ2v) is 11.7. The molecule has 1 heterocycles. The summed E-state index contributed by atoms with van der Waals surface area (Å²) in [4.78, 5) is 43.1. The third-order valence-electron chi connectivity index (χ3n) is 7.97. The summed E-state index contributed by atoms with van der Waals surface area (Å²) >= 11 is 6.61. The lowest BCUT2D eigenvalue weighted by Crippen LogP contribution is -2.61. The van der Waals surface area contributed by atoms with Crippen molar-refractivity contribution in [1.82, 2.24) is 15.5 Å². The maximum atomic E-state index is 14.1. The van der Waals surface area contributed by atoms with Crippen molar-refractivity contribution in [2.45, 2.75) is 63.5 Å². The molecule has 9 heteroatoms. The minimum atomic E-state index is -0.674. The lowest BCUT2D eigenvalue weighted by molar-refractivity contribution is -0.136. The van der Waals surface area contributed by atoms with Crippen LogP contribution in [0.25, 0.3) is 0 Å². The molecule has 42 heavy (non-hydrogen) atoms. The summed E-state index contributed by atoms with van der Waals surface area (Å²) in [6.07, 6.45) is 4.33. The molecule has 0 unspecified atom stereocenters. The highest BCUT2D eigenvalue weighted by Gasteiger charge is 2.41. The van der Waals surface area contributed by atoms with E-state index >= 15 is 0 Å². The molecule has 218 valence electrons. The lowest BCUT2D eigenvalue weighted by Gasteiger charge is -2.38. The number of hydrogen-bond donors (Lipinski definition) is 2. The molecular formula is C33H35ClN4O4. The van der Waals surface area contributed by atoms with Gasteiger partial charge in [0.05, 0.1) is 12.1 Å². The van der Waals surface area contributed by atoms with Gasteiger partial charge in [-0.25, -0.2) is 4.79 Å². The van der Waals surface area contributed by atoms with Crippen LogP contribution in [0.2, 0.25) is 5.02 Å². The molecule has 2 amide bonds. The number of piperazine rings is 1. The number of carbonyl (C=O) groups is 3. The van der Waals surface area contributed by atoms with Crippen molar-refractivity contribution in [3.05, 3.63) is 100 Å². The topological polar surface area (TPSA) is 91.0 Å². The minimum Gasteiger partial charge on any atom is -0.457 e. The van der Waals surface area contributed by atoms with Gasteiger partial charge < -0.3 is 20.3 Å². The van der Waals surface area contributed by atoms with Crippen LogP contribution in [0, 0.1) is 0 Å². The van der Waals surface area contributed by atoms with Gasteiger partial charge in [-0.05, 0) is 72.7 Å². The molecule has 0 bridgehead atoms. The van der Waals surface area contributed by atoms with E-state index < -0.39 is 12.0 Å². The molecule has 6 rings (SSSR count). The van der Waals surface area contributed by atoms with Crippen molar-refractivity contribution in [2.24, 2.45) is 0 Å². The zero-order valence-electron chi connectivity index (χ0n) is 23.4. The van der Waals surface area contributed by atoms with Crippen LogP contribution in [-0.2, 0) is 34.0 Å². The Bertz CT molecular complexity index is 1440. The number of nitrogens with zero attached hydrogens (tertiary/aromatic N) is 2. The number of amides is 2. The average molecular weight is 587 g/mol. The first-order valence-electron chi connectivity index (χ1n) is 14.6. The number of benzene rings is 3. The molecule has 2 N–H and O–H groups in total. The van der Waals surface area contributed by atoms with Crippen LogP contribution < -0.4 is 15.5 Å². The van der Waals surface area contributed by atoms with Gasteiger partial charge in [0.25, 0.3) is 0 Å². The van der Waals surface area contributed by atoms with Gasteiger partial charge in [-0.2, -0.15) is 0 Å². The Labute approximate surface area is 251 Å². The predicted octanol–water partition coefficient (Wildman–Crippen LogP) is 4.45. The van der Waals surface area contributed by atoms with E-state index in [2.05, 4.69) is 16.7 Å². The molecular weight excluding hydrogens is 552 g/mol. The van der Waals surface area contributed by atoms with E-state index in [0.717, 1.165) is 36.1 Å². The minimum absolute atomic E-state index is 0.0866. The van der Waals surface area contributed by atoms with Crippen LogP contribution >= 0.6 is 11.6 Å². The Kier molecular flexibility index (Phi) is 8.55. The Hall–Kier alpha value is -3.72. The molecule has 3 aromatic rings. The number of ether oxygens (including phenoxy) is 1. The van der Waals surface area contributed by atoms with Gasteiger partial charge in [0.1, 0.15) is 12.6 Å². The maximum Gasteiger partial charge on any atom is 0.338 e. The first kappa shape index (κ1) is 28.4.